The zero-order chi connectivity index (χ0) is 13.9. The van der Waals surface area contributed by atoms with Gasteiger partial charge in [-0.25, -0.2) is 4.39 Å². The third kappa shape index (κ3) is 3.53. The Hall–Kier alpha value is -1.91. The molecule has 1 aromatic rings. The van der Waals surface area contributed by atoms with Crippen molar-refractivity contribution in [3.8, 4) is 0 Å². The fourth-order valence-electron chi connectivity index (χ4n) is 2.52. The molecule has 1 aliphatic rings. The highest BCUT2D eigenvalue weighted by atomic mass is 19.1. The lowest BCUT2D eigenvalue weighted by Gasteiger charge is -2.29. The van der Waals surface area contributed by atoms with E-state index in [0.717, 1.165) is 5.56 Å². The van der Waals surface area contributed by atoms with E-state index in [9.17, 15) is 14.0 Å². The Bertz CT molecular complexity index is 486. The number of halogens is 1. The van der Waals surface area contributed by atoms with E-state index in [4.69, 9.17) is 5.11 Å². The van der Waals surface area contributed by atoms with Crippen LogP contribution in [0.1, 0.15) is 31.2 Å². The van der Waals surface area contributed by atoms with Gasteiger partial charge in [-0.1, -0.05) is 12.1 Å². The van der Waals surface area contributed by atoms with Crippen LogP contribution in [0.2, 0.25) is 0 Å². The number of carbonyl (C=O) groups is 2. The second-order valence-electron chi connectivity index (χ2n) is 5.03. The van der Waals surface area contributed by atoms with Crippen LogP contribution in [0.25, 0.3) is 0 Å². The maximum Gasteiger partial charge on any atom is 0.303 e. The van der Waals surface area contributed by atoms with Crippen molar-refractivity contribution in [3.05, 3.63) is 35.6 Å². The maximum atomic E-state index is 12.9. The lowest BCUT2D eigenvalue weighted by atomic mass is 9.85. The standard InChI is InChI=1S/C14H16FNO3/c15-11-3-1-10(2-4-11)9-14(8-6-13(18)19)7-5-12(17)16-14/h1-4H,5-9H2,(H,16,17)(H,18,19)/t14-/m0/s1. The molecule has 0 bridgehead atoms. The van der Waals surface area contributed by atoms with E-state index in [1.54, 1.807) is 12.1 Å². The molecule has 2 N–H and O–H groups in total. The fraction of sp³-hybridized carbons (Fsp3) is 0.429. The molecule has 2 rings (SSSR count). The van der Waals surface area contributed by atoms with Gasteiger partial charge in [0.1, 0.15) is 5.82 Å². The average Bonchev–Trinajstić information content (AvgIpc) is 2.72. The van der Waals surface area contributed by atoms with Gasteiger partial charge in [-0.05, 0) is 37.0 Å². The number of rotatable bonds is 5. The van der Waals surface area contributed by atoms with Crippen LogP contribution in [0.5, 0.6) is 0 Å². The van der Waals surface area contributed by atoms with Crippen LogP contribution in [0.4, 0.5) is 4.39 Å². The van der Waals surface area contributed by atoms with E-state index >= 15 is 0 Å². The molecular formula is C14H16FNO3. The molecule has 0 unspecified atom stereocenters. The predicted octanol–water partition coefficient (Wildman–Crippen LogP) is 1.88. The number of nitrogens with one attached hydrogen (secondary N) is 1. The van der Waals surface area contributed by atoms with Gasteiger partial charge in [0, 0.05) is 18.4 Å². The van der Waals surface area contributed by atoms with Crippen LogP contribution in [-0.2, 0) is 16.0 Å². The summed E-state index contributed by atoms with van der Waals surface area (Å²) in [6, 6.07) is 6.08. The highest BCUT2D eigenvalue weighted by Gasteiger charge is 2.37. The number of carboxylic acid groups (broad SMARTS) is 1. The number of aliphatic carboxylic acids is 1. The van der Waals surface area contributed by atoms with Gasteiger partial charge in [-0.3, -0.25) is 9.59 Å². The zero-order valence-corrected chi connectivity index (χ0v) is 10.5. The number of hydrogen-bond acceptors (Lipinski definition) is 2. The number of hydrogen-bond donors (Lipinski definition) is 2. The summed E-state index contributed by atoms with van der Waals surface area (Å²) in [5.41, 5.74) is 0.391. The second-order valence-corrected chi connectivity index (χ2v) is 5.03. The quantitative estimate of drug-likeness (QED) is 0.854. The first-order chi connectivity index (χ1) is 8.99. The Balaban J connectivity index is 2.11. The Kier molecular flexibility index (Phi) is 3.83. The average molecular weight is 265 g/mol. The molecule has 1 fully saturated rings. The third-order valence-electron chi connectivity index (χ3n) is 3.51. The highest BCUT2D eigenvalue weighted by Crippen LogP contribution is 2.29. The Morgan fingerprint density at radius 3 is 2.58 bits per heavy atom. The van der Waals surface area contributed by atoms with Crippen LogP contribution in [0, 0.1) is 5.82 Å². The smallest absolute Gasteiger partial charge is 0.303 e. The topological polar surface area (TPSA) is 66.4 Å². The molecule has 4 nitrogen and oxygen atoms in total. The molecule has 1 saturated heterocycles. The zero-order valence-electron chi connectivity index (χ0n) is 10.5. The molecule has 0 aromatic heterocycles. The van der Waals surface area contributed by atoms with Gasteiger partial charge in [0.25, 0.3) is 0 Å². The predicted molar refractivity (Wildman–Crippen MR) is 67.1 cm³/mol. The summed E-state index contributed by atoms with van der Waals surface area (Å²) < 4.78 is 12.9. The van der Waals surface area contributed by atoms with E-state index in [2.05, 4.69) is 5.32 Å². The minimum Gasteiger partial charge on any atom is -0.481 e. The van der Waals surface area contributed by atoms with Gasteiger partial charge >= 0.3 is 5.97 Å². The van der Waals surface area contributed by atoms with E-state index in [0.29, 0.717) is 25.7 Å². The van der Waals surface area contributed by atoms with Gasteiger partial charge < -0.3 is 10.4 Å². The minimum atomic E-state index is -0.875. The SMILES string of the molecule is O=C(O)CC[C@]1(Cc2ccc(F)cc2)CCC(=O)N1. The summed E-state index contributed by atoms with van der Waals surface area (Å²) in [6.07, 6.45) is 1.98. The van der Waals surface area contributed by atoms with Crippen LogP contribution in [0.15, 0.2) is 24.3 Å². The molecule has 0 saturated carbocycles. The lowest BCUT2D eigenvalue weighted by Crippen LogP contribution is -2.44. The first-order valence-corrected chi connectivity index (χ1v) is 6.26. The van der Waals surface area contributed by atoms with Crippen molar-refractivity contribution in [2.75, 3.05) is 0 Å². The van der Waals surface area contributed by atoms with Crippen molar-refractivity contribution in [2.24, 2.45) is 0 Å². The Morgan fingerprint density at radius 2 is 2.05 bits per heavy atom. The molecule has 102 valence electrons. The van der Waals surface area contributed by atoms with E-state index in [1.165, 1.54) is 12.1 Å². The first kappa shape index (κ1) is 13.5. The number of amides is 1. The van der Waals surface area contributed by atoms with Crippen molar-refractivity contribution in [1.29, 1.82) is 0 Å². The molecule has 0 aliphatic carbocycles. The molecule has 1 heterocycles. The largest absolute Gasteiger partial charge is 0.481 e. The number of carboxylic acids is 1. The van der Waals surface area contributed by atoms with Crippen molar-refractivity contribution in [2.45, 2.75) is 37.6 Å². The maximum absolute atomic E-state index is 12.9. The fourth-order valence-corrected chi connectivity index (χ4v) is 2.52. The molecule has 0 spiro atoms. The van der Waals surface area contributed by atoms with E-state index in [1.807, 2.05) is 0 Å². The van der Waals surface area contributed by atoms with Gasteiger partial charge in [-0.15, -0.1) is 0 Å². The summed E-state index contributed by atoms with van der Waals surface area (Å²) in [4.78, 5) is 22.1. The normalized spacial score (nSPS) is 22.3. The lowest BCUT2D eigenvalue weighted by molar-refractivity contribution is -0.137. The second kappa shape index (κ2) is 5.38. The number of benzene rings is 1. The third-order valence-corrected chi connectivity index (χ3v) is 3.51. The molecule has 1 amide bonds. The Morgan fingerprint density at radius 1 is 1.37 bits per heavy atom. The Labute approximate surface area is 110 Å². The molecular weight excluding hydrogens is 249 g/mol. The molecule has 1 aliphatic heterocycles. The molecule has 5 heteroatoms. The molecule has 1 atom stereocenters. The summed E-state index contributed by atoms with van der Waals surface area (Å²) in [7, 11) is 0. The number of carbonyl (C=O) groups excluding carboxylic acids is 1. The van der Waals surface area contributed by atoms with Crippen molar-refractivity contribution >= 4 is 11.9 Å². The highest BCUT2D eigenvalue weighted by molar-refractivity contribution is 5.79. The van der Waals surface area contributed by atoms with Gasteiger partial charge in [0.15, 0.2) is 0 Å². The van der Waals surface area contributed by atoms with Crippen LogP contribution in [-0.4, -0.2) is 22.5 Å². The van der Waals surface area contributed by atoms with Gasteiger partial charge in [0.2, 0.25) is 5.91 Å². The van der Waals surface area contributed by atoms with E-state index in [-0.39, 0.29) is 18.1 Å². The monoisotopic (exact) mass is 265 g/mol. The first-order valence-electron chi connectivity index (χ1n) is 6.26. The van der Waals surface area contributed by atoms with E-state index < -0.39 is 11.5 Å². The summed E-state index contributed by atoms with van der Waals surface area (Å²) >= 11 is 0. The minimum absolute atomic E-state index is 0.0154. The van der Waals surface area contributed by atoms with Gasteiger partial charge in [0.05, 0.1) is 0 Å². The molecule has 1 aromatic carbocycles. The van der Waals surface area contributed by atoms with Crippen molar-refractivity contribution in [1.82, 2.24) is 5.32 Å². The molecule has 0 radical (unpaired) electrons. The van der Waals surface area contributed by atoms with Crippen LogP contribution < -0.4 is 5.32 Å². The van der Waals surface area contributed by atoms with Crippen molar-refractivity contribution < 1.29 is 19.1 Å². The van der Waals surface area contributed by atoms with Crippen LogP contribution in [0.3, 0.4) is 0 Å². The van der Waals surface area contributed by atoms with Crippen molar-refractivity contribution in [3.63, 3.8) is 0 Å². The summed E-state index contributed by atoms with van der Waals surface area (Å²) in [5, 5.41) is 11.7. The summed E-state index contributed by atoms with van der Waals surface area (Å²) in [5.74, 6) is -1.23. The summed E-state index contributed by atoms with van der Waals surface area (Å²) in [6.45, 7) is 0. The molecule has 19 heavy (non-hydrogen) atoms. The van der Waals surface area contributed by atoms with Gasteiger partial charge in [-0.2, -0.15) is 0 Å². The van der Waals surface area contributed by atoms with Crippen LogP contribution >= 0.6 is 0 Å².